The van der Waals surface area contributed by atoms with E-state index in [0.29, 0.717) is 18.0 Å². The summed E-state index contributed by atoms with van der Waals surface area (Å²) in [4.78, 5) is 12.3. The molecule has 0 bridgehead atoms. The maximum atomic E-state index is 12.3. The highest BCUT2D eigenvalue weighted by molar-refractivity contribution is 7.89. The molecule has 2 rings (SSSR count). The number of nitrogens with two attached hydrogens (primary N) is 1. The summed E-state index contributed by atoms with van der Waals surface area (Å²) in [5.41, 5.74) is 1.70. The van der Waals surface area contributed by atoms with Crippen molar-refractivity contribution in [1.82, 2.24) is 5.32 Å². The second-order valence-corrected chi connectivity index (χ2v) is 7.74. The van der Waals surface area contributed by atoms with Crippen molar-refractivity contribution in [2.75, 3.05) is 14.2 Å². The number of hydrogen-bond donors (Lipinski definition) is 2. The van der Waals surface area contributed by atoms with Gasteiger partial charge in [-0.05, 0) is 35.2 Å². The van der Waals surface area contributed by atoms with Gasteiger partial charge in [0, 0.05) is 19.0 Å². The molecule has 146 valence electrons. The van der Waals surface area contributed by atoms with Crippen LogP contribution < -0.4 is 19.9 Å². The van der Waals surface area contributed by atoms with Crippen LogP contribution in [0.5, 0.6) is 11.5 Å². The van der Waals surface area contributed by atoms with Crippen LogP contribution in [0.1, 0.15) is 30.4 Å². The summed E-state index contributed by atoms with van der Waals surface area (Å²) in [6.07, 6.45) is 0.290. The van der Waals surface area contributed by atoms with Crippen molar-refractivity contribution in [1.29, 1.82) is 0 Å². The molecule has 0 aromatic heterocycles. The fraction of sp³-hybridized carbons (Fsp3) is 0.316. The van der Waals surface area contributed by atoms with Gasteiger partial charge in [-0.15, -0.1) is 0 Å². The molecule has 0 saturated carbocycles. The van der Waals surface area contributed by atoms with E-state index in [4.69, 9.17) is 14.6 Å². The van der Waals surface area contributed by atoms with Crippen molar-refractivity contribution in [3.05, 3.63) is 53.6 Å². The molecule has 2 aromatic carbocycles. The molecule has 0 spiro atoms. The first-order valence-electron chi connectivity index (χ1n) is 8.35. The van der Waals surface area contributed by atoms with Gasteiger partial charge in [0.1, 0.15) is 11.5 Å². The molecule has 27 heavy (non-hydrogen) atoms. The van der Waals surface area contributed by atoms with Crippen LogP contribution in [0.2, 0.25) is 0 Å². The molecule has 0 aliphatic rings. The molecule has 1 atom stereocenters. The molecule has 1 unspecified atom stereocenters. The minimum atomic E-state index is -3.72. The van der Waals surface area contributed by atoms with E-state index in [9.17, 15) is 13.2 Å². The Morgan fingerprint density at radius 3 is 2.33 bits per heavy atom. The Morgan fingerprint density at radius 1 is 1.11 bits per heavy atom. The van der Waals surface area contributed by atoms with Crippen molar-refractivity contribution in [3.8, 4) is 11.5 Å². The van der Waals surface area contributed by atoms with Crippen LogP contribution >= 0.6 is 0 Å². The van der Waals surface area contributed by atoms with Crippen LogP contribution in [0.3, 0.4) is 0 Å². The third-order valence-corrected chi connectivity index (χ3v) is 5.13. The predicted molar refractivity (Wildman–Crippen MR) is 102 cm³/mol. The van der Waals surface area contributed by atoms with Gasteiger partial charge in [-0.1, -0.05) is 25.1 Å². The molecular weight excluding hydrogens is 368 g/mol. The highest BCUT2D eigenvalue weighted by atomic mass is 32.2. The van der Waals surface area contributed by atoms with Gasteiger partial charge in [-0.3, -0.25) is 4.79 Å². The van der Waals surface area contributed by atoms with Crippen molar-refractivity contribution in [2.24, 2.45) is 5.14 Å². The molecule has 2 aromatic rings. The van der Waals surface area contributed by atoms with E-state index < -0.39 is 10.0 Å². The minimum Gasteiger partial charge on any atom is -0.497 e. The monoisotopic (exact) mass is 392 g/mol. The Hall–Kier alpha value is -2.58. The molecule has 7 nitrogen and oxygen atoms in total. The lowest BCUT2D eigenvalue weighted by molar-refractivity contribution is -0.121. The minimum absolute atomic E-state index is 0.0396. The van der Waals surface area contributed by atoms with Crippen LogP contribution in [0.25, 0.3) is 0 Å². The van der Waals surface area contributed by atoms with E-state index in [1.165, 1.54) is 12.1 Å². The molecule has 3 N–H and O–H groups in total. The zero-order valence-electron chi connectivity index (χ0n) is 15.6. The zero-order chi connectivity index (χ0) is 20.0. The second-order valence-electron chi connectivity index (χ2n) is 6.18. The Labute approximate surface area is 159 Å². The first kappa shape index (κ1) is 20.7. The summed E-state index contributed by atoms with van der Waals surface area (Å²) in [6.45, 7) is 2.25. The number of ether oxygens (including phenoxy) is 2. The number of methoxy groups -OCH3 is 2. The molecule has 0 radical (unpaired) electrons. The van der Waals surface area contributed by atoms with E-state index in [1.807, 2.05) is 19.1 Å². The lowest BCUT2D eigenvalue weighted by Gasteiger charge is -2.16. The number of carbonyl (C=O) groups excluding carboxylic acids is 1. The third-order valence-electron chi connectivity index (χ3n) is 4.20. The van der Waals surface area contributed by atoms with E-state index in [1.54, 1.807) is 32.4 Å². The Balaban J connectivity index is 1.95. The number of amides is 1. The summed E-state index contributed by atoms with van der Waals surface area (Å²) in [6, 6.07) is 11.6. The average Bonchev–Trinajstić information content (AvgIpc) is 2.65. The number of rotatable bonds is 8. The number of sulfonamides is 1. The Morgan fingerprint density at radius 2 is 1.78 bits per heavy atom. The van der Waals surface area contributed by atoms with E-state index in [-0.39, 0.29) is 23.1 Å². The first-order chi connectivity index (χ1) is 12.7. The standard InChI is InChI=1S/C19H24N2O5S/c1-13(17-9-6-15(25-2)11-18(17)26-3)10-19(22)21-12-14-4-7-16(8-5-14)27(20,23)24/h4-9,11,13H,10,12H2,1-3H3,(H,21,22)(H2,20,23,24). The predicted octanol–water partition coefficient (Wildman–Crippen LogP) is 2.16. The normalized spacial score (nSPS) is 12.3. The van der Waals surface area contributed by atoms with Crippen LogP contribution in [-0.2, 0) is 21.4 Å². The maximum Gasteiger partial charge on any atom is 0.238 e. The van der Waals surface area contributed by atoms with Crippen LogP contribution in [-0.4, -0.2) is 28.5 Å². The smallest absolute Gasteiger partial charge is 0.238 e. The second kappa shape index (κ2) is 8.88. The number of carbonyl (C=O) groups is 1. The number of primary sulfonamides is 1. The molecule has 8 heteroatoms. The van der Waals surface area contributed by atoms with Crippen molar-refractivity contribution in [3.63, 3.8) is 0 Å². The van der Waals surface area contributed by atoms with Crippen molar-refractivity contribution in [2.45, 2.75) is 30.7 Å². The van der Waals surface area contributed by atoms with Gasteiger partial charge in [-0.2, -0.15) is 0 Å². The van der Waals surface area contributed by atoms with Crippen LogP contribution in [0, 0.1) is 0 Å². The lowest BCUT2D eigenvalue weighted by Crippen LogP contribution is -2.24. The van der Waals surface area contributed by atoms with Crippen LogP contribution in [0.4, 0.5) is 0 Å². The van der Waals surface area contributed by atoms with E-state index >= 15 is 0 Å². The largest absolute Gasteiger partial charge is 0.497 e. The van der Waals surface area contributed by atoms with Gasteiger partial charge in [0.2, 0.25) is 15.9 Å². The summed E-state index contributed by atoms with van der Waals surface area (Å²) in [5, 5.41) is 7.90. The summed E-state index contributed by atoms with van der Waals surface area (Å²) < 4.78 is 33.1. The summed E-state index contributed by atoms with van der Waals surface area (Å²) in [5.74, 6) is 1.20. The third kappa shape index (κ3) is 5.70. The SMILES string of the molecule is COc1ccc(C(C)CC(=O)NCc2ccc(S(N)(=O)=O)cc2)c(OC)c1. The topological polar surface area (TPSA) is 108 Å². The maximum absolute atomic E-state index is 12.3. The summed E-state index contributed by atoms with van der Waals surface area (Å²) >= 11 is 0. The molecule has 0 aliphatic carbocycles. The Kier molecular flexibility index (Phi) is 6.81. The first-order valence-corrected chi connectivity index (χ1v) is 9.89. The molecule has 1 amide bonds. The molecule has 0 fully saturated rings. The molecule has 0 saturated heterocycles. The molecule has 0 aliphatic heterocycles. The quantitative estimate of drug-likeness (QED) is 0.716. The van der Waals surface area contributed by atoms with Crippen molar-refractivity contribution >= 4 is 15.9 Å². The molecule has 0 heterocycles. The molecular formula is C19H24N2O5S. The van der Waals surface area contributed by atoms with E-state index in [2.05, 4.69) is 5.32 Å². The highest BCUT2D eigenvalue weighted by Gasteiger charge is 2.16. The van der Waals surface area contributed by atoms with Gasteiger partial charge in [0.05, 0.1) is 19.1 Å². The van der Waals surface area contributed by atoms with Crippen molar-refractivity contribution < 1.29 is 22.7 Å². The van der Waals surface area contributed by atoms with E-state index in [0.717, 1.165) is 11.1 Å². The summed E-state index contributed by atoms with van der Waals surface area (Å²) in [7, 11) is -0.553. The number of benzene rings is 2. The van der Waals surface area contributed by atoms with Crippen LogP contribution in [0.15, 0.2) is 47.4 Å². The van der Waals surface area contributed by atoms with Gasteiger partial charge in [0.25, 0.3) is 0 Å². The van der Waals surface area contributed by atoms with Gasteiger partial charge < -0.3 is 14.8 Å². The lowest BCUT2D eigenvalue weighted by atomic mass is 9.96. The fourth-order valence-electron chi connectivity index (χ4n) is 2.68. The van der Waals surface area contributed by atoms with Gasteiger partial charge in [0.15, 0.2) is 0 Å². The number of nitrogens with one attached hydrogen (secondary N) is 1. The average molecular weight is 392 g/mol. The zero-order valence-corrected chi connectivity index (χ0v) is 16.4. The number of hydrogen-bond acceptors (Lipinski definition) is 5. The van der Waals surface area contributed by atoms with Gasteiger partial charge >= 0.3 is 0 Å². The fourth-order valence-corrected chi connectivity index (χ4v) is 3.20. The Bertz CT molecular complexity index is 895. The highest BCUT2D eigenvalue weighted by Crippen LogP contribution is 2.32. The van der Waals surface area contributed by atoms with Gasteiger partial charge in [-0.25, -0.2) is 13.6 Å².